The van der Waals surface area contributed by atoms with Crippen LogP contribution in [-0.2, 0) is 7.05 Å². The van der Waals surface area contributed by atoms with Crippen molar-refractivity contribution < 1.29 is 0 Å². The number of aryl methyl sites for hydroxylation is 2. The maximum atomic E-state index is 4.41. The van der Waals surface area contributed by atoms with Crippen molar-refractivity contribution >= 4 is 0 Å². The fourth-order valence-electron chi connectivity index (χ4n) is 2.28. The van der Waals surface area contributed by atoms with Crippen molar-refractivity contribution in [2.75, 3.05) is 26.7 Å². The van der Waals surface area contributed by atoms with Gasteiger partial charge >= 0.3 is 0 Å². The van der Waals surface area contributed by atoms with E-state index in [-0.39, 0.29) is 0 Å². The summed E-state index contributed by atoms with van der Waals surface area (Å²) in [5.41, 5.74) is 2.41. The summed E-state index contributed by atoms with van der Waals surface area (Å²) in [6.07, 6.45) is 1.23. The van der Waals surface area contributed by atoms with Crippen LogP contribution in [0.1, 0.15) is 23.9 Å². The summed E-state index contributed by atoms with van der Waals surface area (Å²) in [5.74, 6) is 0. The molecule has 0 bridgehead atoms. The minimum Gasteiger partial charge on any atom is -0.315 e. The third kappa shape index (κ3) is 2.21. The summed E-state index contributed by atoms with van der Waals surface area (Å²) < 4.78 is 2.00. The Bertz CT molecular complexity index is 331. The Kier molecular flexibility index (Phi) is 3.07. The van der Waals surface area contributed by atoms with Crippen molar-refractivity contribution in [3.8, 4) is 0 Å². The van der Waals surface area contributed by atoms with E-state index in [0.717, 1.165) is 25.3 Å². The average molecular weight is 208 g/mol. The second-order valence-electron chi connectivity index (χ2n) is 4.39. The van der Waals surface area contributed by atoms with E-state index in [4.69, 9.17) is 0 Å². The summed E-state index contributed by atoms with van der Waals surface area (Å²) in [6.45, 7) is 5.35. The fraction of sp³-hybridized carbons (Fsp3) is 0.727. The van der Waals surface area contributed by atoms with Gasteiger partial charge in [-0.25, -0.2) is 0 Å². The van der Waals surface area contributed by atoms with Crippen LogP contribution in [-0.4, -0.2) is 41.4 Å². The zero-order valence-electron chi connectivity index (χ0n) is 9.82. The van der Waals surface area contributed by atoms with E-state index < -0.39 is 0 Å². The molecule has 0 amide bonds. The highest BCUT2D eigenvalue weighted by Gasteiger charge is 2.22. The topological polar surface area (TPSA) is 33.1 Å². The Morgan fingerprint density at radius 3 is 2.93 bits per heavy atom. The first-order valence-corrected chi connectivity index (χ1v) is 5.60. The first-order chi connectivity index (χ1) is 7.18. The predicted molar refractivity (Wildman–Crippen MR) is 60.8 cm³/mol. The minimum absolute atomic E-state index is 0.457. The van der Waals surface area contributed by atoms with Crippen molar-refractivity contribution in [2.24, 2.45) is 7.05 Å². The van der Waals surface area contributed by atoms with Crippen LogP contribution in [0.2, 0.25) is 0 Å². The van der Waals surface area contributed by atoms with Gasteiger partial charge in [0, 0.05) is 13.6 Å². The van der Waals surface area contributed by atoms with Gasteiger partial charge in [0.15, 0.2) is 0 Å². The number of nitrogens with one attached hydrogen (secondary N) is 1. The molecule has 4 heteroatoms. The molecule has 0 spiro atoms. The molecule has 1 aromatic heterocycles. The monoisotopic (exact) mass is 208 g/mol. The second kappa shape index (κ2) is 4.33. The zero-order valence-corrected chi connectivity index (χ0v) is 9.82. The lowest BCUT2D eigenvalue weighted by Gasteiger charge is -2.25. The lowest BCUT2D eigenvalue weighted by molar-refractivity contribution is 0.251. The molecule has 4 nitrogen and oxygen atoms in total. The zero-order chi connectivity index (χ0) is 10.8. The fourth-order valence-corrected chi connectivity index (χ4v) is 2.28. The van der Waals surface area contributed by atoms with Crippen LogP contribution in [0.25, 0.3) is 0 Å². The van der Waals surface area contributed by atoms with Gasteiger partial charge in [0.05, 0.1) is 17.4 Å². The Morgan fingerprint density at radius 1 is 1.47 bits per heavy atom. The Morgan fingerprint density at radius 2 is 2.27 bits per heavy atom. The third-order valence-corrected chi connectivity index (χ3v) is 3.11. The molecule has 1 aliphatic rings. The van der Waals surface area contributed by atoms with E-state index in [1.165, 1.54) is 12.1 Å². The molecule has 0 radical (unpaired) electrons. The number of rotatable bonds is 1. The largest absolute Gasteiger partial charge is 0.315 e. The van der Waals surface area contributed by atoms with E-state index in [1.807, 2.05) is 18.7 Å². The maximum Gasteiger partial charge on any atom is 0.0641 e. The van der Waals surface area contributed by atoms with Crippen LogP contribution in [0.4, 0.5) is 0 Å². The Hall–Kier alpha value is -0.870. The van der Waals surface area contributed by atoms with E-state index in [1.54, 1.807) is 0 Å². The highest BCUT2D eigenvalue weighted by molar-refractivity contribution is 5.14. The normalized spacial score (nSPS) is 24.1. The minimum atomic E-state index is 0.457. The van der Waals surface area contributed by atoms with Gasteiger partial charge in [0.1, 0.15) is 0 Å². The van der Waals surface area contributed by atoms with Gasteiger partial charge in [-0.05, 0) is 39.5 Å². The summed E-state index contributed by atoms with van der Waals surface area (Å²) in [6, 6.07) is 2.65. The first kappa shape index (κ1) is 10.6. The summed E-state index contributed by atoms with van der Waals surface area (Å²) >= 11 is 0. The molecule has 0 saturated carbocycles. The lowest BCUT2D eigenvalue weighted by atomic mass is 10.1. The molecule has 0 aromatic carbocycles. The lowest BCUT2D eigenvalue weighted by Crippen LogP contribution is -2.31. The van der Waals surface area contributed by atoms with E-state index in [9.17, 15) is 0 Å². The molecule has 2 heterocycles. The predicted octanol–water partition coefficient (Wildman–Crippen LogP) is 0.695. The van der Waals surface area contributed by atoms with Gasteiger partial charge in [0.2, 0.25) is 0 Å². The van der Waals surface area contributed by atoms with Crippen molar-refractivity contribution in [2.45, 2.75) is 19.4 Å². The molecule has 1 unspecified atom stereocenters. The number of nitrogens with zero attached hydrogens (tertiary/aromatic N) is 3. The van der Waals surface area contributed by atoms with Crippen molar-refractivity contribution in [3.63, 3.8) is 0 Å². The molecular weight excluding hydrogens is 188 g/mol. The highest BCUT2D eigenvalue weighted by Crippen LogP contribution is 2.20. The first-order valence-electron chi connectivity index (χ1n) is 5.60. The molecule has 1 aromatic rings. The van der Waals surface area contributed by atoms with Crippen LogP contribution in [0.5, 0.6) is 0 Å². The molecule has 1 aliphatic heterocycles. The maximum absolute atomic E-state index is 4.41. The number of aromatic nitrogens is 2. The van der Waals surface area contributed by atoms with Gasteiger partial charge in [-0.2, -0.15) is 5.10 Å². The van der Waals surface area contributed by atoms with Gasteiger partial charge in [0.25, 0.3) is 0 Å². The summed E-state index contributed by atoms with van der Waals surface area (Å²) in [4.78, 5) is 2.41. The number of hydrogen-bond donors (Lipinski definition) is 1. The smallest absolute Gasteiger partial charge is 0.0641 e. The Labute approximate surface area is 91.3 Å². The van der Waals surface area contributed by atoms with E-state index in [2.05, 4.69) is 28.4 Å². The van der Waals surface area contributed by atoms with Crippen LogP contribution in [0, 0.1) is 6.92 Å². The molecule has 1 saturated heterocycles. The van der Waals surface area contributed by atoms with Crippen LogP contribution < -0.4 is 5.32 Å². The quantitative estimate of drug-likeness (QED) is 0.737. The van der Waals surface area contributed by atoms with Gasteiger partial charge < -0.3 is 5.32 Å². The number of hydrogen-bond acceptors (Lipinski definition) is 3. The second-order valence-corrected chi connectivity index (χ2v) is 4.39. The molecule has 1 fully saturated rings. The van der Waals surface area contributed by atoms with E-state index >= 15 is 0 Å². The van der Waals surface area contributed by atoms with E-state index in [0.29, 0.717) is 6.04 Å². The molecule has 2 rings (SSSR count). The SMILES string of the molecule is Cc1cc(C2CNCCCN2C)n(C)n1. The van der Waals surface area contributed by atoms with Gasteiger partial charge in [-0.15, -0.1) is 0 Å². The molecule has 0 aliphatic carbocycles. The standard InChI is InChI=1S/C11H20N4/c1-9-7-10(15(3)13-9)11-8-12-5-4-6-14(11)2/h7,11-12H,4-6,8H2,1-3H3. The average Bonchev–Trinajstić information content (AvgIpc) is 2.39. The van der Waals surface area contributed by atoms with Crippen molar-refractivity contribution in [1.29, 1.82) is 0 Å². The molecule has 84 valence electrons. The molecule has 1 N–H and O–H groups in total. The van der Waals surface area contributed by atoms with Gasteiger partial charge in [-0.3, -0.25) is 9.58 Å². The summed E-state index contributed by atoms with van der Waals surface area (Å²) in [5, 5.41) is 7.89. The molecular formula is C11H20N4. The molecule has 1 atom stereocenters. The Balaban J connectivity index is 2.23. The summed E-state index contributed by atoms with van der Waals surface area (Å²) in [7, 11) is 4.22. The van der Waals surface area contributed by atoms with Gasteiger partial charge in [-0.1, -0.05) is 0 Å². The van der Waals surface area contributed by atoms with Crippen molar-refractivity contribution in [3.05, 3.63) is 17.5 Å². The van der Waals surface area contributed by atoms with Crippen LogP contribution in [0.15, 0.2) is 6.07 Å². The molecule has 15 heavy (non-hydrogen) atoms. The van der Waals surface area contributed by atoms with Crippen LogP contribution in [0.3, 0.4) is 0 Å². The van der Waals surface area contributed by atoms with Crippen LogP contribution >= 0.6 is 0 Å². The third-order valence-electron chi connectivity index (χ3n) is 3.11. The van der Waals surface area contributed by atoms with Crippen molar-refractivity contribution in [1.82, 2.24) is 20.0 Å². The highest BCUT2D eigenvalue weighted by atomic mass is 15.3. The number of likely N-dealkylation sites (N-methyl/N-ethyl adjacent to an activating group) is 1.